The van der Waals surface area contributed by atoms with Gasteiger partial charge in [0.1, 0.15) is 0 Å². The van der Waals surface area contributed by atoms with Gasteiger partial charge in [0.05, 0.1) is 0 Å². The van der Waals surface area contributed by atoms with Gasteiger partial charge in [-0.15, -0.1) is 0 Å². The van der Waals surface area contributed by atoms with Crippen LogP contribution in [0.15, 0.2) is 0 Å². The summed E-state index contributed by atoms with van der Waals surface area (Å²) in [5.41, 5.74) is 0. The summed E-state index contributed by atoms with van der Waals surface area (Å²) in [6.45, 7) is 3.78. The third kappa shape index (κ3) is 5.32. The van der Waals surface area contributed by atoms with E-state index in [1.54, 1.807) is 19.0 Å². The molecule has 1 fully saturated rings. The van der Waals surface area contributed by atoms with Gasteiger partial charge in [-0.3, -0.25) is 0 Å². The second kappa shape index (κ2) is 7.46. The third-order valence-electron chi connectivity index (χ3n) is 2.82. The van der Waals surface area contributed by atoms with Crippen LogP contribution in [0.25, 0.3) is 0 Å². The third-order valence-corrected chi connectivity index (χ3v) is 2.82. The molecule has 0 aromatic rings. The summed E-state index contributed by atoms with van der Waals surface area (Å²) in [4.78, 5) is 12.8. The molecule has 1 saturated heterocycles. The van der Waals surface area contributed by atoms with E-state index in [2.05, 4.69) is 16.0 Å². The standard InChI is InChI=1S/C11H24N4O/c1-15(2)11(16)14-9-8-13-10-4-3-6-12-7-5-10/h10,12-13H,3-9H2,1-2H3,(H,14,16). The maximum atomic E-state index is 11.2. The summed E-state index contributed by atoms with van der Waals surface area (Å²) in [5.74, 6) is 0. The first-order chi connectivity index (χ1) is 7.70. The van der Waals surface area contributed by atoms with Gasteiger partial charge in [-0.05, 0) is 32.4 Å². The molecule has 0 aromatic carbocycles. The average molecular weight is 228 g/mol. The van der Waals surface area contributed by atoms with Crippen LogP contribution in [0, 0.1) is 0 Å². The number of carbonyl (C=O) groups is 1. The fourth-order valence-corrected chi connectivity index (χ4v) is 1.83. The van der Waals surface area contributed by atoms with Crippen LogP contribution < -0.4 is 16.0 Å². The molecule has 1 atom stereocenters. The lowest BCUT2D eigenvalue weighted by atomic mass is 10.1. The molecule has 3 N–H and O–H groups in total. The molecule has 1 rings (SSSR count). The van der Waals surface area contributed by atoms with Gasteiger partial charge in [-0.2, -0.15) is 0 Å². The molecule has 0 bridgehead atoms. The SMILES string of the molecule is CN(C)C(=O)NCCNC1CCCNCC1. The van der Waals surface area contributed by atoms with Crippen LogP contribution in [0.4, 0.5) is 4.79 Å². The van der Waals surface area contributed by atoms with Gasteiger partial charge in [-0.1, -0.05) is 0 Å². The summed E-state index contributed by atoms with van der Waals surface area (Å²) in [6.07, 6.45) is 3.65. The van der Waals surface area contributed by atoms with Crippen molar-refractivity contribution in [2.24, 2.45) is 0 Å². The van der Waals surface area contributed by atoms with Gasteiger partial charge in [-0.25, -0.2) is 4.79 Å². The van der Waals surface area contributed by atoms with Crippen LogP contribution in [0.5, 0.6) is 0 Å². The Bertz CT molecular complexity index is 200. The largest absolute Gasteiger partial charge is 0.337 e. The van der Waals surface area contributed by atoms with Crippen molar-refractivity contribution in [3.63, 3.8) is 0 Å². The van der Waals surface area contributed by atoms with E-state index in [0.717, 1.165) is 19.6 Å². The highest BCUT2D eigenvalue weighted by atomic mass is 16.2. The molecule has 5 heteroatoms. The molecular formula is C11H24N4O. The summed E-state index contributed by atoms with van der Waals surface area (Å²) in [5, 5.41) is 9.71. The molecule has 0 saturated carbocycles. The number of urea groups is 1. The number of hydrogen-bond acceptors (Lipinski definition) is 3. The number of rotatable bonds is 4. The van der Waals surface area contributed by atoms with Gasteiger partial charge in [0.25, 0.3) is 0 Å². The lowest BCUT2D eigenvalue weighted by Gasteiger charge is -2.17. The average Bonchev–Trinajstić information content (AvgIpc) is 2.52. The van der Waals surface area contributed by atoms with Crippen molar-refractivity contribution in [3.8, 4) is 0 Å². The van der Waals surface area contributed by atoms with Gasteiger partial charge < -0.3 is 20.9 Å². The van der Waals surface area contributed by atoms with Gasteiger partial charge >= 0.3 is 6.03 Å². The summed E-state index contributed by atoms with van der Waals surface area (Å²) < 4.78 is 0. The first-order valence-electron chi connectivity index (χ1n) is 6.09. The molecule has 1 heterocycles. The zero-order valence-electron chi connectivity index (χ0n) is 10.4. The predicted octanol–water partition coefficient (Wildman–Crippen LogP) is -0.0107. The minimum atomic E-state index is -0.0238. The van der Waals surface area contributed by atoms with Crippen molar-refractivity contribution in [2.45, 2.75) is 25.3 Å². The lowest BCUT2D eigenvalue weighted by Crippen LogP contribution is -2.41. The lowest BCUT2D eigenvalue weighted by molar-refractivity contribution is 0.217. The van der Waals surface area contributed by atoms with Crippen molar-refractivity contribution < 1.29 is 4.79 Å². The minimum Gasteiger partial charge on any atom is -0.337 e. The molecule has 1 aliphatic heterocycles. The molecule has 1 unspecified atom stereocenters. The topological polar surface area (TPSA) is 56.4 Å². The molecule has 0 radical (unpaired) electrons. The van der Waals surface area contributed by atoms with E-state index in [4.69, 9.17) is 0 Å². The molecule has 2 amide bonds. The maximum absolute atomic E-state index is 11.2. The van der Waals surface area contributed by atoms with Gasteiger partial charge in [0.2, 0.25) is 0 Å². The number of amides is 2. The van der Waals surface area contributed by atoms with E-state index in [1.807, 2.05) is 0 Å². The van der Waals surface area contributed by atoms with E-state index in [0.29, 0.717) is 12.6 Å². The Labute approximate surface area is 98.0 Å². The molecule has 5 nitrogen and oxygen atoms in total. The number of hydrogen-bond donors (Lipinski definition) is 3. The zero-order valence-corrected chi connectivity index (χ0v) is 10.4. The van der Waals surface area contributed by atoms with Crippen molar-refractivity contribution in [2.75, 3.05) is 40.3 Å². The predicted molar refractivity (Wildman–Crippen MR) is 65.6 cm³/mol. The molecule has 16 heavy (non-hydrogen) atoms. The minimum absolute atomic E-state index is 0.0238. The Morgan fingerprint density at radius 1 is 1.31 bits per heavy atom. The normalized spacial score (nSPS) is 21.2. The molecule has 1 aliphatic rings. The van der Waals surface area contributed by atoms with Crippen molar-refractivity contribution >= 4 is 6.03 Å². The monoisotopic (exact) mass is 228 g/mol. The molecule has 0 spiro atoms. The van der Waals surface area contributed by atoms with E-state index in [9.17, 15) is 4.79 Å². The van der Waals surface area contributed by atoms with Crippen LogP contribution in [0.3, 0.4) is 0 Å². The highest BCUT2D eigenvalue weighted by molar-refractivity contribution is 5.73. The molecule has 94 valence electrons. The molecule has 0 aromatic heterocycles. The number of nitrogens with one attached hydrogen (secondary N) is 3. The van der Waals surface area contributed by atoms with E-state index >= 15 is 0 Å². The second-order valence-corrected chi connectivity index (χ2v) is 4.46. The Morgan fingerprint density at radius 3 is 2.88 bits per heavy atom. The quantitative estimate of drug-likeness (QED) is 0.593. The maximum Gasteiger partial charge on any atom is 0.316 e. The highest BCUT2D eigenvalue weighted by Crippen LogP contribution is 2.03. The highest BCUT2D eigenvalue weighted by Gasteiger charge is 2.10. The van der Waals surface area contributed by atoms with Crippen LogP contribution in [0.2, 0.25) is 0 Å². The summed E-state index contributed by atoms with van der Waals surface area (Å²) in [6, 6.07) is 0.579. The van der Waals surface area contributed by atoms with E-state index < -0.39 is 0 Å². The summed E-state index contributed by atoms with van der Waals surface area (Å²) >= 11 is 0. The van der Waals surface area contributed by atoms with Crippen LogP contribution in [-0.4, -0.2) is 57.2 Å². The van der Waals surface area contributed by atoms with E-state index in [1.165, 1.54) is 19.3 Å². The fourth-order valence-electron chi connectivity index (χ4n) is 1.83. The first kappa shape index (κ1) is 13.3. The smallest absolute Gasteiger partial charge is 0.316 e. The van der Waals surface area contributed by atoms with Gasteiger partial charge in [0.15, 0.2) is 0 Å². The first-order valence-corrected chi connectivity index (χ1v) is 6.09. The van der Waals surface area contributed by atoms with E-state index in [-0.39, 0.29) is 6.03 Å². The molecule has 0 aliphatic carbocycles. The van der Waals surface area contributed by atoms with Crippen molar-refractivity contribution in [1.82, 2.24) is 20.9 Å². The summed E-state index contributed by atoms with van der Waals surface area (Å²) in [7, 11) is 3.50. The second-order valence-electron chi connectivity index (χ2n) is 4.46. The zero-order chi connectivity index (χ0) is 11.8. The Kier molecular flexibility index (Phi) is 6.18. The van der Waals surface area contributed by atoms with Gasteiger partial charge in [0, 0.05) is 33.2 Å². The Balaban J connectivity index is 2.03. The fraction of sp³-hybridized carbons (Fsp3) is 0.909. The number of carbonyl (C=O) groups excluding carboxylic acids is 1. The number of nitrogens with zero attached hydrogens (tertiary/aromatic N) is 1. The van der Waals surface area contributed by atoms with Crippen molar-refractivity contribution in [1.29, 1.82) is 0 Å². The Hall–Kier alpha value is -0.810. The van der Waals surface area contributed by atoms with Crippen LogP contribution >= 0.6 is 0 Å². The molecular weight excluding hydrogens is 204 g/mol. The van der Waals surface area contributed by atoms with Crippen LogP contribution in [0.1, 0.15) is 19.3 Å². The van der Waals surface area contributed by atoms with Crippen LogP contribution in [-0.2, 0) is 0 Å². The van der Waals surface area contributed by atoms with Crippen molar-refractivity contribution in [3.05, 3.63) is 0 Å². The Morgan fingerprint density at radius 2 is 2.12 bits per heavy atom.